The summed E-state index contributed by atoms with van der Waals surface area (Å²) < 4.78 is 0. The molecule has 0 saturated carbocycles. The average Bonchev–Trinajstić information content (AvgIpc) is 3.10. The first-order chi connectivity index (χ1) is 11.7. The van der Waals surface area contributed by atoms with E-state index in [1.807, 2.05) is 14.1 Å². The van der Waals surface area contributed by atoms with Crippen LogP contribution in [0, 0.1) is 0 Å². The lowest BCUT2D eigenvalue weighted by Crippen LogP contribution is -2.21. The van der Waals surface area contributed by atoms with E-state index in [1.54, 1.807) is 6.20 Å². The van der Waals surface area contributed by atoms with Crippen LogP contribution in [0.1, 0.15) is 12.8 Å². The van der Waals surface area contributed by atoms with E-state index in [0.717, 1.165) is 37.7 Å². The van der Waals surface area contributed by atoms with E-state index >= 15 is 0 Å². The van der Waals surface area contributed by atoms with Gasteiger partial charge < -0.3 is 20.4 Å². The summed E-state index contributed by atoms with van der Waals surface area (Å²) in [7, 11) is 4.08. The van der Waals surface area contributed by atoms with Crippen molar-refractivity contribution < 1.29 is 0 Å². The van der Waals surface area contributed by atoms with E-state index in [-0.39, 0.29) is 0 Å². The first-order valence-electron chi connectivity index (χ1n) is 8.41. The van der Waals surface area contributed by atoms with Gasteiger partial charge in [-0.15, -0.1) is 5.10 Å². The Labute approximate surface area is 143 Å². The van der Waals surface area contributed by atoms with Gasteiger partial charge >= 0.3 is 0 Å². The van der Waals surface area contributed by atoms with Gasteiger partial charge in [-0.25, -0.2) is 0 Å². The smallest absolute Gasteiger partial charge is 0.249 e. The van der Waals surface area contributed by atoms with Gasteiger partial charge in [-0.1, -0.05) is 0 Å². The summed E-state index contributed by atoms with van der Waals surface area (Å²) in [5.74, 6) is 1.22. The molecule has 0 unspecified atom stereocenters. The van der Waals surface area contributed by atoms with Crippen LogP contribution >= 0.6 is 0 Å². The third-order valence-electron chi connectivity index (χ3n) is 4.02. The molecule has 1 aromatic heterocycles. The first kappa shape index (κ1) is 16.4. The number of benzene rings is 1. The van der Waals surface area contributed by atoms with Crippen LogP contribution in [0.15, 0.2) is 30.5 Å². The topological polar surface area (TPSA) is 69.2 Å². The molecule has 3 rings (SSSR count). The van der Waals surface area contributed by atoms with E-state index in [0.29, 0.717) is 5.95 Å². The van der Waals surface area contributed by atoms with Gasteiger partial charge in [-0.2, -0.15) is 10.1 Å². The fourth-order valence-corrected chi connectivity index (χ4v) is 2.71. The Morgan fingerprint density at radius 2 is 1.88 bits per heavy atom. The summed E-state index contributed by atoms with van der Waals surface area (Å²) in [6, 6.07) is 8.40. The highest BCUT2D eigenvalue weighted by Gasteiger charge is 2.11. The molecule has 2 N–H and O–H groups in total. The molecule has 1 aromatic carbocycles. The van der Waals surface area contributed by atoms with E-state index in [4.69, 9.17) is 0 Å². The molecule has 24 heavy (non-hydrogen) atoms. The second kappa shape index (κ2) is 7.92. The highest BCUT2D eigenvalue weighted by molar-refractivity contribution is 5.59. The van der Waals surface area contributed by atoms with E-state index < -0.39 is 0 Å². The summed E-state index contributed by atoms with van der Waals surface area (Å²) in [5.41, 5.74) is 2.24. The van der Waals surface area contributed by atoms with Crippen molar-refractivity contribution in [2.75, 3.05) is 55.8 Å². The number of hydrogen-bond acceptors (Lipinski definition) is 7. The van der Waals surface area contributed by atoms with Gasteiger partial charge in [0, 0.05) is 37.6 Å². The molecule has 0 radical (unpaired) electrons. The number of aromatic nitrogens is 3. The highest BCUT2D eigenvalue weighted by atomic mass is 15.3. The second-order valence-corrected chi connectivity index (χ2v) is 6.26. The average molecular weight is 327 g/mol. The fraction of sp³-hybridized carbons (Fsp3) is 0.471. The van der Waals surface area contributed by atoms with Crippen LogP contribution in [0.3, 0.4) is 0 Å². The number of anilines is 4. The minimum absolute atomic E-state index is 0.499. The normalized spacial score (nSPS) is 14.2. The Morgan fingerprint density at radius 3 is 2.58 bits per heavy atom. The first-order valence-corrected chi connectivity index (χ1v) is 8.41. The molecule has 0 aliphatic carbocycles. The van der Waals surface area contributed by atoms with Crippen molar-refractivity contribution in [1.82, 2.24) is 20.1 Å². The van der Waals surface area contributed by atoms with Gasteiger partial charge in [-0.05, 0) is 51.2 Å². The van der Waals surface area contributed by atoms with Gasteiger partial charge in [0.1, 0.15) is 0 Å². The third kappa shape index (κ3) is 4.55. The van der Waals surface area contributed by atoms with Crippen molar-refractivity contribution in [1.29, 1.82) is 0 Å². The quantitative estimate of drug-likeness (QED) is 0.808. The third-order valence-corrected chi connectivity index (χ3v) is 4.02. The molecule has 1 fully saturated rings. The van der Waals surface area contributed by atoms with Crippen molar-refractivity contribution in [3.8, 4) is 0 Å². The Bertz CT molecular complexity index is 636. The van der Waals surface area contributed by atoms with Crippen molar-refractivity contribution in [2.45, 2.75) is 12.8 Å². The molecular weight excluding hydrogens is 302 g/mol. The second-order valence-electron chi connectivity index (χ2n) is 6.26. The van der Waals surface area contributed by atoms with Crippen molar-refractivity contribution in [3.63, 3.8) is 0 Å². The van der Waals surface area contributed by atoms with Crippen LogP contribution in [0.5, 0.6) is 0 Å². The lowest BCUT2D eigenvalue weighted by Gasteiger charge is -2.17. The molecule has 0 bridgehead atoms. The molecule has 2 heterocycles. The van der Waals surface area contributed by atoms with Crippen LogP contribution in [0.25, 0.3) is 0 Å². The zero-order chi connectivity index (χ0) is 16.8. The molecule has 0 atom stereocenters. The minimum atomic E-state index is 0.499. The lowest BCUT2D eigenvalue weighted by molar-refractivity contribution is 0.425. The Kier molecular flexibility index (Phi) is 5.43. The molecule has 1 saturated heterocycles. The van der Waals surface area contributed by atoms with Crippen molar-refractivity contribution in [2.24, 2.45) is 0 Å². The molecule has 1 aliphatic rings. The summed E-state index contributed by atoms with van der Waals surface area (Å²) in [6.45, 7) is 4.06. The maximum atomic E-state index is 4.44. The Hall–Kier alpha value is -2.41. The number of likely N-dealkylation sites (N-methyl/N-ethyl adjacent to an activating group) is 1. The van der Waals surface area contributed by atoms with Gasteiger partial charge in [0.25, 0.3) is 0 Å². The number of hydrogen-bond donors (Lipinski definition) is 2. The van der Waals surface area contributed by atoms with E-state index in [1.165, 1.54) is 18.5 Å². The standard InChI is InChI=1S/C17H25N7/c1-23(2)12-9-18-16-13-19-22-17(21-16)20-14-5-7-15(8-6-14)24-10-3-4-11-24/h5-8,13H,3-4,9-12H2,1-2H3,(H2,18,20,21,22). The highest BCUT2D eigenvalue weighted by Crippen LogP contribution is 2.23. The zero-order valence-corrected chi connectivity index (χ0v) is 14.4. The van der Waals surface area contributed by atoms with Gasteiger partial charge in [0.05, 0.1) is 6.20 Å². The van der Waals surface area contributed by atoms with Crippen LogP contribution < -0.4 is 15.5 Å². The van der Waals surface area contributed by atoms with Crippen molar-refractivity contribution >= 4 is 23.1 Å². The van der Waals surface area contributed by atoms with E-state index in [9.17, 15) is 0 Å². The molecule has 7 heteroatoms. The molecular formula is C17H25N7. The Morgan fingerprint density at radius 1 is 1.12 bits per heavy atom. The summed E-state index contributed by atoms with van der Waals surface area (Å²) in [5, 5.41) is 14.5. The maximum Gasteiger partial charge on any atom is 0.249 e. The van der Waals surface area contributed by atoms with Gasteiger partial charge in [0.2, 0.25) is 5.95 Å². The predicted molar refractivity (Wildman–Crippen MR) is 98.0 cm³/mol. The summed E-state index contributed by atoms with van der Waals surface area (Å²) in [6.07, 6.45) is 4.21. The number of nitrogens with zero attached hydrogens (tertiary/aromatic N) is 5. The maximum absolute atomic E-state index is 4.44. The molecule has 2 aromatic rings. The summed E-state index contributed by atoms with van der Waals surface area (Å²) in [4.78, 5) is 8.97. The SMILES string of the molecule is CN(C)CCNc1cnnc(Nc2ccc(N3CCCC3)cc2)n1. The van der Waals surface area contributed by atoms with Crippen LogP contribution in [0.2, 0.25) is 0 Å². The van der Waals surface area contributed by atoms with Gasteiger partial charge in [-0.3, -0.25) is 0 Å². The summed E-state index contributed by atoms with van der Waals surface area (Å²) >= 11 is 0. The zero-order valence-electron chi connectivity index (χ0n) is 14.4. The molecule has 0 spiro atoms. The lowest BCUT2D eigenvalue weighted by atomic mass is 10.2. The van der Waals surface area contributed by atoms with Gasteiger partial charge in [0.15, 0.2) is 5.82 Å². The molecule has 7 nitrogen and oxygen atoms in total. The largest absolute Gasteiger partial charge is 0.372 e. The number of nitrogens with one attached hydrogen (secondary N) is 2. The molecule has 0 amide bonds. The fourth-order valence-electron chi connectivity index (χ4n) is 2.71. The molecule has 128 valence electrons. The van der Waals surface area contributed by atoms with Crippen LogP contribution in [-0.2, 0) is 0 Å². The van der Waals surface area contributed by atoms with Crippen LogP contribution in [0.4, 0.5) is 23.1 Å². The predicted octanol–water partition coefficient (Wildman–Crippen LogP) is 2.19. The number of rotatable bonds is 7. The monoisotopic (exact) mass is 327 g/mol. The van der Waals surface area contributed by atoms with Crippen LogP contribution in [-0.4, -0.2) is 60.4 Å². The Balaban J connectivity index is 1.58. The van der Waals surface area contributed by atoms with Crippen molar-refractivity contribution in [3.05, 3.63) is 30.5 Å². The molecule has 1 aliphatic heterocycles. The minimum Gasteiger partial charge on any atom is -0.372 e. The van der Waals surface area contributed by atoms with E-state index in [2.05, 4.69) is 59.9 Å².